The molecular formula is C20H20F2N8O. The van der Waals surface area contributed by atoms with Crippen molar-refractivity contribution in [3.63, 3.8) is 0 Å². The fourth-order valence-corrected chi connectivity index (χ4v) is 3.93. The molecule has 11 heteroatoms. The van der Waals surface area contributed by atoms with Crippen LogP contribution in [-0.4, -0.2) is 66.8 Å². The molecule has 160 valence electrons. The molecule has 0 radical (unpaired) electrons. The maximum atomic E-state index is 12.8. The van der Waals surface area contributed by atoms with Gasteiger partial charge >= 0.3 is 0 Å². The van der Waals surface area contributed by atoms with Crippen LogP contribution in [0.4, 0.5) is 14.7 Å². The van der Waals surface area contributed by atoms with Gasteiger partial charge < -0.3 is 15.2 Å². The van der Waals surface area contributed by atoms with E-state index in [2.05, 4.69) is 30.6 Å². The van der Waals surface area contributed by atoms with E-state index in [-0.39, 0.29) is 11.9 Å². The Labute approximate surface area is 175 Å². The highest BCUT2D eigenvalue weighted by atomic mass is 19.3. The highest BCUT2D eigenvalue weighted by molar-refractivity contribution is 5.95. The zero-order chi connectivity index (χ0) is 21.5. The second-order valence-electron chi connectivity index (χ2n) is 7.68. The molecule has 1 aliphatic rings. The van der Waals surface area contributed by atoms with E-state index in [1.54, 1.807) is 30.3 Å². The number of hydrogen-bond acceptors (Lipinski definition) is 6. The van der Waals surface area contributed by atoms with Crippen molar-refractivity contribution in [2.45, 2.75) is 31.9 Å². The van der Waals surface area contributed by atoms with E-state index in [0.717, 1.165) is 22.9 Å². The molecule has 4 heterocycles. The third-order valence-corrected chi connectivity index (χ3v) is 5.53. The van der Waals surface area contributed by atoms with Gasteiger partial charge in [0, 0.05) is 49.4 Å². The first-order chi connectivity index (χ1) is 15.0. The van der Waals surface area contributed by atoms with Crippen molar-refractivity contribution >= 4 is 33.9 Å². The lowest BCUT2D eigenvalue weighted by molar-refractivity contribution is -0.132. The van der Waals surface area contributed by atoms with Crippen molar-refractivity contribution in [2.75, 3.05) is 18.9 Å². The third kappa shape index (κ3) is 3.66. The Kier molecular flexibility index (Phi) is 4.72. The Balaban J connectivity index is 1.43. The number of carbonyl (C=O) groups is 1. The topological polar surface area (TPSA) is 105 Å². The molecule has 4 aromatic rings. The molecule has 9 nitrogen and oxygen atoms in total. The molecule has 0 aliphatic carbocycles. The minimum Gasteiger partial charge on any atom is -0.350 e. The van der Waals surface area contributed by atoms with Gasteiger partial charge in [-0.1, -0.05) is 11.3 Å². The number of nitrogens with one attached hydrogen (secondary N) is 2. The van der Waals surface area contributed by atoms with Crippen LogP contribution in [0.2, 0.25) is 0 Å². The molecule has 1 fully saturated rings. The lowest BCUT2D eigenvalue weighted by Crippen LogP contribution is -2.43. The molecule has 1 aromatic carbocycles. The van der Waals surface area contributed by atoms with Crippen LogP contribution in [0, 0.1) is 0 Å². The van der Waals surface area contributed by atoms with Crippen LogP contribution in [0.25, 0.3) is 33.2 Å². The highest BCUT2D eigenvalue weighted by Crippen LogP contribution is 2.30. The Morgan fingerprint density at radius 3 is 3.03 bits per heavy atom. The van der Waals surface area contributed by atoms with Gasteiger partial charge in [-0.3, -0.25) is 4.79 Å². The van der Waals surface area contributed by atoms with Crippen LogP contribution in [0.5, 0.6) is 0 Å². The smallest absolute Gasteiger partial charge is 0.258 e. The first-order valence-corrected chi connectivity index (χ1v) is 9.94. The summed E-state index contributed by atoms with van der Waals surface area (Å²) in [5.74, 6) is 0.633. The van der Waals surface area contributed by atoms with E-state index >= 15 is 0 Å². The van der Waals surface area contributed by atoms with Crippen molar-refractivity contribution < 1.29 is 13.6 Å². The predicted octanol–water partition coefficient (Wildman–Crippen LogP) is 2.67. The molecule has 5 rings (SSSR count). The molecule has 0 saturated carbocycles. The van der Waals surface area contributed by atoms with E-state index in [1.807, 2.05) is 12.3 Å². The molecule has 3 aromatic heterocycles. The number of nitrogens with zero attached hydrogens (tertiary/aromatic N) is 6. The number of aromatic nitrogens is 6. The Bertz CT molecular complexity index is 1270. The summed E-state index contributed by atoms with van der Waals surface area (Å²) >= 11 is 0. The first kappa shape index (κ1) is 19.3. The zero-order valence-corrected chi connectivity index (χ0v) is 16.7. The summed E-state index contributed by atoms with van der Waals surface area (Å²) in [5.41, 5.74) is 3.45. The average Bonchev–Trinajstić information content (AvgIpc) is 3.34. The molecule has 0 bridgehead atoms. The quantitative estimate of drug-likeness (QED) is 0.508. The van der Waals surface area contributed by atoms with Gasteiger partial charge in [0.15, 0.2) is 0 Å². The lowest BCUT2D eigenvalue weighted by atomic mass is 10.1. The summed E-state index contributed by atoms with van der Waals surface area (Å²) in [4.78, 5) is 25.5. The number of H-pyrrole nitrogens is 1. The molecule has 31 heavy (non-hydrogen) atoms. The zero-order valence-electron chi connectivity index (χ0n) is 16.7. The highest BCUT2D eigenvalue weighted by Gasteiger charge is 2.23. The van der Waals surface area contributed by atoms with Crippen LogP contribution >= 0.6 is 0 Å². The molecular weight excluding hydrogens is 406 g/mol. The van der Waals surface area contributed by atoms with Crippen molar-refractivity contribution in [3.8, 4) is 11.1 Å². The third-order valence-electron chi connectivity index (χ3n) is 5.53. The van der Waals surface area contributed by atoms with Crippen LogP contribution < -0.4 is 5.32 Å². The van der Waals surface area contributed by atoms with Gasteiger partial charge in [-0.15, -0.1) is 5.10 Å². The molecule has 1 amide bonds. The first-order valence-electron chi connectivity index (χ1n) is 9.94. The molecule has 1 aliphatic heterocycles. The van der Waals surface area contributed by atoms with Crippen molar-refractivity contribution in [3.05, 3.63) is 30.6 Å². The normalized spacial score (nSPS) is 17.2. The molecule has 1 saturated heterocycles. The number of fused-ring (bicyclic) bond motifs is 2. The minimum absolute atomic E-state index is 0.0969. The Morgan fingerprint density at radius 2 is 2.23 bits per heavy atom. The summed E-state index contributed by atoms with van der Waals surface area (Å²) in [6, 6.07) is 5.52. The summed E-state index contributed by atoms with van der Waals surface area (Å²) in [5, 5.41) is 11.9. The number of piperidine rings is 1. The number of likely N-dealkylation sites (tertiary alicyclic amines) is 1. The number of carbonyl (C=O) groups excluding carboxylic acids is 1. The van der Waals surface area contributed by atoms with Gasteiger partial charge in [0.2, 0.25) is 11.9 Å². The Morgan fingerprint density at radius 1 is 1.35 bits per heavy atom. The van der Waals surface area contributed by atoms with Gasteiger partial charge in [-0.2, -0.15) is 4.98 Å². The maximum absolute atomic E-state index is 12.8. The number of likely N-dealkylation sites (N-methyl/N-ethyl adjacent to an activating group) is 1. The molecule has 1 atom stereocenters. The standard InChI is InChI=1S/C20H20F2N8O/c1-29-9-12(3-5-18(29)31)25-20-24-8-14-13(7-23-19(14)26-20)11-2-4-15-16(6-11)30(28-27-15)10-17(21)22/h2,4,6-8,12,17H,3,5,9-10H2,1H3,(H2,23,24,25,26)/t12-/m1/s1. The van der Waals surface area contributed by atoms with Crippen LogP contribution in [-0.2, 0) is 11.3 Å². The van der Waals surface area contributed by atoms with Gasteiger partial charge in [0.1, 0.15) is 17.7 Å². The van der Waals surface area contributed by atoms with E-state index < -0.39 is 13.0 Å². The molecule has 2 N–H and O–H groups in total. The van der Waals surface area contributed by atoms with Gasteiger partial charge in [0.25, 0.3) is 6.43 Å². The van der Waals surface area contributed by atoms with Crippen LogP contribution in [0.15, 0.2) is 30.6 Å². The second-order valence-corrected chi connectivity index (χ2v) is 7.68. The Hall–Kier alpha value is -3.63. The number of halogens is 2. The molecule has 0 spiro atoms. The van der Waals surface area contributed by atoms with Crippen LogP contribution in [0.3, 0.4) is 0 Å². The SMILES string of the molecule is CN1C[C@H](Nc2ncc3c(-c4ccc5nnn(CC(F)F)c5c4)c[nH]c3n2)CCC1=O. The number of hydrogen-bond donors (Lipinski definition) is 2. The van der Waals surface area contributed by atoms with E-state index in [1.165, 1.54) is 4.68 Å². The molecule has 0 unspecified atom stereocenters. The fraction of sp³-hybridized carbons (Fsp3) is 0.350. The number of benzene rings is 1. The fourth-order valence-electron chi connectivity index (χ4n) is 3.93. The van der Waals surface area contributed by atoms with Crippen LogP contribution in [0.1, 0.15) is 12.8 Å². The number of aromatic amines is 1. The van der Waals surface area contributed by atoms with Crippen molar-refractivity contribution in [2.24, 2.45) is 0 Å². The number of anilines is 1. The van der Waals surface area contributed by atoms with E-state index in [4.69, 9.17) is 0 Å². The minimum atomic E-state index is -2.51. The number of rotatable bonds is 5. The van der Waals surface area contributed by atoms with Crippen molar-refractivity contribution in [1.82, 2.24) is 34.8 Å². The summed E-state index contributed by atoms with van der Waals surface area (Å²) in [7, 11) is 1.79. The lowest BCUT2D eigenvalue weighted by Gasteiger charge is -2.30. The van der Waals surface area contributed by atoms with E-state index in [9.17, 15) is 13.6 Å². The van der Waals surface area contributed by atoms with Gasteiger partial charge in [-0.05, 0) is 24.1 Å². The summed E-state index contributed by atoms with van der Waals surface area (Å²) in [6.45, 7) is 0.102. The van der Waals surface area contributed by atoms with Gasteiger partial charge in [0.05, 0.1) is 5.52 Å². The predicted molar refractivity (Wildman–Crippen MR) is 111 cm³/mol. The second kappa shape index (κ2) is 7.56. The van der Waals surface area contributed by atoms with E-state index in [0.29, 0.717) is 35.6 Å². The maximum Gasteiger partial charge on any atom is 0.258 e. The summed E-state index contributed by atoms with van der Waals surface area (Å²) in [6.07, 6.45) is 2.28. The van der Waals surface area contributed by atoms with Gasteiger partial charge in [-0.25, -0.2) is 18.4 Å². The average molecular weight is 426 g/mol. The summed E-state index contributed by atoms with van der Waals surface area (Å²) < 4.78 is 26.8. The number of amides is 1. The monoisotopic (exact) mass is 426 g/mol. The number of alkyl halides is 2. The van der Waals surface area contributed by atoms with Crippen molar-refractivity contribution in [1.29, 1.82) is 0 Å². The largest absolute Gasteiger partial charge is 0.350 e.